The zero-order valence-electron chi connectivity index (χ0n) is 41.3. The summed E-state index contributed by atoms with van der Waals surface area (Å²) in [5, 5.41) is 23.6. The molecule has 1 unspecified atom stereocenters. The Kier molecular flexibility index (Phi) is 17.7. The molecule has 18 nitrogen and oxygen atoms in total. The lowest BCUT2D eigenvalue weighted by Gasteiger charge is -2.39. The molecule has 0 aliphatic carbocycles. The van der Waals surface area contributed by atoms with Crippen LogP contribution in [0, 0.1) is 27.4 Å². The number of aromatic nitrogens is 4. The molecule has 1 N–H and O–H groups in total. The number of methoxy groups -OCH3 is 2. The average Bonchev–Trinajstić information content (AvgIpc) is 3.98. The Morgan fingerprint density at radius 1 is 0.901 bits per heavy atom. The number of imidazole rings is 1. The molecule has 0 bridgehead atoms. The summed E-state index contributed by atoms with van der Waals surface area (Å²) in [4.78, 5) is 38.0. The second-order valence-electron chi connectivity index (χ2n) is 17.7. The molecule has 1 aliphatic rings. The molecule has 6 aromatic rings. The van der Waals surface area contributed by atoms with Gasteiger partial charge in [-0.15, -0.1) is 0 Å². The van der Waals surface area contributed by atoms with E-state index in [1.807, 2.05) is 78.9 Å². The van der Waals surface area contributed by atoms with Crippen LogP contribution in [0.4, 0.5) is 11.6 Å². The lowest BCUT2D eigenvalue weighted by molar-refractivity contribution is -0.384. The van der Waals surface area contributed by atoms with E-state index in [1.54, 1.807) is 51.1 Å². The van der Waals surface area contributed by atoms with Crippen molar-refractivity contribution in [2.45, 2.75) is 96.9 Å². The Morgan fingerprint density at radius 3 is 2.08 bits per heavy atom. The summed E-state index contributed by atoms with van der Waals surface area (Å²) in [6.45, 7) is 12.2. The minimum absolute atomic E-state index is 0.0101. The van der Waals surface area contributed by atoms with Crippen molar-refractivity contribution in [3.8, 4) is 23.4 Å². The van der Waals surface area contributed by atoms with Gasteiger partial charge in [0.25, 0.3) is 14.2 Å². The molecule has 7 rings (SSSR count). The maximum absolute atomic E-state index is 13.1. The van der Waals surface area contributed by atoms with Gasteiger partial charge < -0.3 is 32.7 Å². The molecule has 0 saturated carbocycles. The van der Waals surface area contributed by atoms with E-state index in [9.17, 15) is 20.2 Å². The van der Waals surface area contributed by atoms with Gasteiger partial charge in [0.15, 0.2) is 11.2 Å². The first-order chi connectivity index (χ1) is 34.3. The number of non-ortho nitro benzene ring substituents is 1. The highest BCUT2D eigenvalue weighted by atomic mass is 31.2. The maximum atomic E-state index is 13.1. The van der Waals surface area contributed by atoms with E-state index in [1.165, 1.54) is 12.1 Å². The number of nitro groups is 1. The van der Waals surface area contributed by atoms with Crippen molar-refractivity contribution in [3.05, 3.63) is 142 Å². The Bertz CT molecular complexity index is 2680. The predicted molar refractivity (Wildman–Crippen MR) is 268 cm³/mol. The minimum Gasteiger partial charge on any atom is -0.497 e. The third-order valence-electron chi connectivity index (χ3n) is 11.9. The van der Waals surface area contributed by atoms with Crippen LogP contribution in [-0.2, 0) is 35.3 Å². The van der Waals surface area contributed by atoms with Crippen LogP contribution < -0.4 is 19.5 Å². The summed E-state index contributed by atoms with van der Waals surface area (Å²) in [5.74, 6) is 0.849. The molecular formula is C52H61N8O10P. The number of nitrogens with one attached hydrogen (secondary N) is 1. The standard InChI is InChI=1S/C52H61N8O10P/c1-34(2)49(61)56-51-55-48-47(50(57-51)66-30-27-37-15-21-41(22-16-37)60(62)63)54-33-58(48)46-31-44(70-71(68-29-12-28-53)59(35(3)4)36(5)6)45(69-46)32-67-52(38-13-10-9-11-14-38,39-17-23-42(64-7)24-18-39)40-19-25-43(65-8)26-20-40/h9-11,13-26,33-36,44-46H,12,27,29-32H2,1-8H3,(H,55,56,57,61)/t44-,45+,46+,71?/m0/s1. The zero-order valence-corrected chi connectivity index (χ0v) is 42.2. The molecule has 19 heteroatoms. The number of benzene rings is 4. The van der Waals surface area contributed by atoms with Gasteiger partial charge in [-0.1, -0.05) is 80.6 Å². The van der Waals surface area contributed by atoms with Gasteiger partial charge in [-0.05, 0) is 74.2 Å². The minimum atomic E-state index is -1.74. The van der Waals surface area contributed by atoms with Crippen LogP contribution in [0.3, 0.4) is 0 Å². The molecule has 71 heavy (non-hydrogen) atoms. The monoisotopic (exact) mass is 988 g/mol. The Labute approximate surface area is 415 Å². The fourth-order valence-electron chi connectivity index (χ4n) is 8.39. The van der Waals surface area contributed by atoms with Gasteiger partial charge in [-0.3, -0.25) is 24.8 Å². The topological polar surface area (TPSA) is 207 Å². The fourth-order valence-corrected chi connectivity index (χ4v) is 10.1. The summed E-state index contributed by atoms with van der Waals surface area (Å²) >= 11 is 0. The van der Waals surface area contributed by atoms with Crippen molar-refractivity contribution >= 4 is 37.2 Å². The fraction of sp³-hybridized carbons (Fsp3) is 0.404. The van der Waals surface area contributed by atoms with Crippen molar-refractivity contribution in [2.24, 2.45) is 5.92 Å². The van der Waals surface area contributed by atoms with Crippen LogP contribution in [0.15, 0.2) is 109 Å². The second-order valence-corrected chi connectivity index (χ2v) is 19.1. The number of hydrogen-bond donors (Lipinski definition) is 1. The first-order valence-corrected chi connectivity index (χ1v) is 24.7. The van der Waals surface area contributed by atoms with Crippen LogP contribution in [0.1, 0.15) is 82.9 Å². The van der Waals surface area contributed by atoms with Crippen molar-refractivity contribution in [1.29, 1.82) is 5.26 Å². The van der Waals surface area contributed by atoms with Gasteiger partial charge in [-0.25, -0.2) is 9.65 Å². The number of carbonyl (C=O) groups is 1. The number of ether oxygens (including phenoxy) is 5. The van der Waals surface area contributed by atoms with E-state index >= 15 is 0 Å². The molecule has 1 amide bonds. The lowest BCUT2D eigenvalue weighted by atomic mass is 9.80. The molecule has 0 radical (unpaired) electrons. The smallest absolute Gasteiger partial charge is 0.269 e. The number of hydrogen-bond acceptors (Lipinski definition) is 15. The summed E-state index contributed by atoms with van der Waals surface area (Å²) in [7, 11) is 1.52. The van der Waals surface area contributed by atoms with Crippen molar-refractivity contribution in [2.75, 3.05) is 39.4 Å². The van der Waals surface area contributed by atoms with Gasteiger partial charge in [-0.2, -0.15) is 15.2 Å². The van der Waals surface area contributed by atoms with Gasteiger partial charge in [0.2, 0.25) is 17.7 Å². The number of rotatable bonds is 24. The van der Waals surface area contributed by atoms with Gasteiger partial charge in [0.1, 0.15) is 29.4 Å². The lowest BCUT2D eigenvalue weighted by Crippen LogP contribution is -2.39. The van der Waals surface area contributed by atoms with E-state index in [0.29, 0.717) is 35.5 Å². The second kappa shape index (κ2) is 24.0. The van der Waals surface area contributed by atoms with E-state index < -0.39 is 37.5 Å². The highest BCUT2D eigenvalue weighted by Gasteiger charge is 2.45. The quantitative estimate of drug-likeness (QED) is 0.0197. The zero-order chi connectivity index (χ0) is 50.7. The van der Waals surface area contributed by atoms with Gasteiger partial charge >= 0.3 is 0 Å². The van der Waals surface area contributed by atoms with Crippen LogP contribution in [0.25, 0.3) is 11.2 Å². The Balaban J connectivity index is 1.30. The van der Waals surface area contributed by atoms with E-state index in [4.69, 9.17) is 42.7 Å². The Morgan fingerprint density at radius 2 is 1.52 bits per heavy atom. The van der Waals surface area contributed by atoms with Crippen LogP contribution in [0.5, 0.6) is 17.4 Å². The summed E-state index contributed by atoms with van der Waals surface area (Å²) in [6.07, 6.45) is 0.399. The molecule has 2 aromatic heterocycles. The molecule has 374 valence electrons. The van der Waals surface area contributed by atoms with Crippen molar-refractivity contribution < 1.29 is 42.4 Å². The third-order valence-corrected chi connectivity index (χ3v) is 14.1. The number of nitro benzene ring substituents is 1. The third kappa shape index (κ3) is 12.3. The highest BCUT2D eigenvalue weighted by Crippen LogP contribution is 2.51. The number of carbonyl (C=O) groups excluding carboxylic acids is 1. The van der Waals surface area contributed by atoms with Gasteiger partial charge in [0, 0.05) is 43.0 Å². The molecule has 4 atom stereocenters. The number of amides is 1. The Hall–Kier alpha value is -6.58. The number of fused-ring (bicyclic) bond motifs is 1. The normalized spacial score (nSPS) is 16.4. The predicted octanol–water partition coefficient (Wildman–Crippen LogP) is 9.93. The van der Waals surface area contributed by atoms with Gasteiger partial charge in [0.05, 0.1) is 63.9 Å². The van der Waals surface area contributed by atoms with Crippen molar-refractivity contribution in [3.63, 3.8) is 0 Å². The molecule has 0 spiro atoms. The van der Waals surface area contributed by atoms with E-state index in [2.05, 4.69) is 48.7 Å². The molecular weight excluding hydrogens is 928 g/mol. The van der Waals surface area contributed by atoms with Crippen LogP contribution in [0.2, 0.25) is 0 Å². The highest BCUT2D eigenvalue weighted by molar-refractivity contribution is 7.44. The molecule has 3 heterocycles. The van der Waals surface area contributed by atoms with E-state index in [0.717, 1.165) is 22.3 Å². The maximum Gasteiger partial charge on any atom is 0.269 e. The molecule has 1 fully saturated rings. The summed E-state index contributed by atoms with van der Waals surface area (Å²) in [5.41, 5.74) is 2.83. The van der Waals surface area contributed by atoms with Crippen LogP contribution in [-0.4, -0.2) is 93.4 Å². The first-order valence-electron chi connectivity index (χ1n) is 23.6. The average molecular weight is 989 g/mol. The molecule has 4 aromatic carbocycles. The number of anilines is 1. The van der Waals surface area contributed by atoms with Crippen LogP contribution >= 0.6 is 8.53 Å². The largest absolute Gasteiger partial charge is 0.497 e. The summed E-state index contributed by atoms with van der Waals surface area (Å²) in [6, 6.07) is 34.1. The van der Waals surface area contributed by atoms with Crippen molar-refractivity contribution in [1.82, 2.24) is 24.2 Å². The SMILES string of the molecule is COc1ccc(C(OC[C@H]2O[C@@H](n3cnc4c(OCCc5ccc([N+](=O)[O-])cc5)nc(NC(=O)C(C)C)nc43)C[C@@H]2OP(OCCC#N)N(C(C)C)C(C)C)(c2ccccc2)c2ccc(OC)cc2)cc1. The first kappa shape index (κ1) is 52.2. The van der Waals surface area contributed by atoms with E-state index in [-0.39, 0.29) is 67.7 Å². The number of nitriles is 1. The molecule has 1 aliphatic heterocycles. The summed E-state index contributed by atoms with van der Waals surface area (Å²) < 4.78 is 49.4. The molecule has 1 saturated heterocycles. The number of nitrogens with zero attached hydrogens (tertiary/aromatic N) is 7.